The quantitative estimate of drug-likeness (QED) is 0.690. The lowest BCUT2D eigenvalue weighted by Crippen LogP contribution is -2.20. The van der Waals surface area contributed by atoms with Crippen LogP contribution in [0.5, 0.6) is 0 Å². The highest BCUT2D eigenvalue weighted by molar-refractivity contribution is 5.27. The molecular formula is C17H32N2. The summed E-state index contributed by atoms with van der Waals surface area (Å²) in [6.07, 6.45) is 4.86. The smallest absolute Gasteiger partial charge is 0.109 e. The van der Waals surface area contributed by atoms with Gasteiger partial charge in [0.15, 0.2) is 0 Å². The highest BCUT2D eigenvalue weighted by Gasteiger charge is 2.29. The van der Waals surface area contributed by atoms with Gasteiger partial charge in [-0.15, -0.1) is 0 Å². The second-order valence-corrected chi connectivity index (χ2v) is 6.86. The Morgan fingerprint density at radius 2 is 1.74 bits per heavy atom. The van der Waals surface area contributed by atoms with Crippen LogP contribution in [0.1, 0.15) is 103 Å². The monoisotopic (exact) mass is 264 g/mol. The van der Waals surface area contributed by atoms with Crippen molar-refractivity contribution in [2.75, 3.05) is 0 Å². The summed E-state index contributed by atoms with van der Waals surface area (Å²) < 4.78 is 0. The van der Waals surface area contributed by atoms with Gasteiger partial charge in [0.2, 0.25) is 0 Å². The lowest BCUT2D eigenvalue weighted by Gasteiger charge is -2.25. The third-order valence-electron chi connectivity index (χ3n) is 4.03. The summed E-state index contributed by atoms with van der Waals surface area (Å²) >= 11 is 0. The first-order valence-corrected chi connectivity index (χ1v) is 7.93. The van der Waals surface area contributed by atoms with Gasteiger partial charge in [0.1, 0.15) is 5.82 Å². The van der Waals surface area contributed by atoms with E-state index in [9.17, 15) is 0 Å². The Morgan fingerprint density at radius 3 is 2.21 bits per heavy atom. The molecule has 0 fully saturated rings. The van der Waals surface area contributed by atoms with Crippen LogP contribution in [0.2, 0.25) is 0 Å². The Kier molecular flexibility index (Phi) is 5.64. The maximum atomic E-state index is 4.95. The first-order valence-electron chi connectivity index (χ1n) is 7.93. The fraction of sp³-hybridized carbons (Fsp3) is 0.824. The van der Waals surface area contributed by atoms with E-state index >= 15 is 0 Å². The predicted octanol–water partition coefficient (Wildman–Crippen LogP) is 5.51. The van der Waals surface area contributed by atoms with E-state index < -0.39 is 0 Å². The minimum absolute atomic E-state index is 0.176. The molecule has 0 saturated heterocycles. The molecule has 2 nitrogen and oxygen atoms in total. The molecule has 0 aliphatic heterocycles. The number of hydrogen-bond donors (Lipinski definition) is 1. The maximum absolute atomic E-state index is 4.95. The average molecular weight is 264 g/mol. The Hall–Kier alpha value is -0.790. The summed E-state index contributed by atoms with van der Waals surface area (Å²) in [5, 5.41) is 0. The van der Waals surface area contributed by atoms with E-state index in [0.29, 0.717) is 11.8 Å². The van der Waals surface area contributed by atoms with Crippen LogP contribution in [0.3, 0.4) is 0 Å². The van der Waals surface area contributed by atoms with E-state index in [1.807, 2.05) is 0 Å². The van der Waals surface area contributed by atoms with Crippen LogP contribution in [0.4, 0.5) is 0 Å². The lowest BCUT2D eigenvalue weighted by atomic mass is 9.81. The molecule has 0 aliphatic carbocycles. The molecule has 2 heteroatoms. The van der Waals surface area contributed by atoms with Crippen LogP contribution < -0.4 is 0 Å². The zero-order valence-corrected chi connectivity index (χ0v) is 13.9. The molecule has 1 aromatic rings. The van der Waals surface area contributed by atoms with Crippen LogP contribution in [0.25, 0.3) is 0 Å². The van der Waals surface area contributed by atoms with E-state index in [0.717, 1.165) is 5.82 Å². The van der Waals surface area contributed by atoms with Crippen LogP contribution in [-0.2, 0) is 5.41 Å². The predicted molar refractivity (Wildman–Crippen MR) is 83.9 cm³/mol. The average Bonchev–Trinajstić information content (AvgIpc) is 2.74. The molecule has 1 aromatic heterocycles. The summed E-state index contributed by atoms with van der Waals surface area (Å²) in [5.74, 6) is 2.20. The molecule has 19 heavy (non-hydrogen) atoms. The molecule has 1 unspecified atom stereocenters. The molecule has 1 heterocycles. The summed E-state index contributed by atoms with van der Waals surface area (Å²) in [5.41, 5.74) is 2.86. The van der Waals surface area contributed by atoms with E-state index in [2.05, 4.69) is 53.5 Å². The summed E-state index contributed by atoms with van der Waals surface area (Å²) in [6.45, 7) is 15.9. The number of H-pyrrole nitrogens is 1. The number of aromatic amines is 1. The summed E-state index contributed by atoms with van der Waals surface area (Å²) in [4.78, 5) is 8.57. The zero-order valence-electron chi connectivity index (χ0n) is 13.9. The van der Waals surface area contributed by atoms with Gasteiger partial charge in [-0.25, -0.2) is 4.98 Å². The van der Waals surface area contributed by atoms with Crippen molar-refractivity contribution in [2.45, 2.75) is 91.4 Å². The van der Waals surface area contributed by atoms with Gasteiger partial charge >= 0.3 is 0 Å². The van der Waals surface area contributed by atoms with Crippen molar-refractivity contribution >= 4 is 0 Å². The van der Waals surface area contributed by atoms with Crippen molar-refractivity contribution in [3.8, 4) is 0 Å². The first kappa shape index (κ1) is 16.3. The van der Waals surface area contributed by atoms with Gasteiger partial charge in [-0.05, 0) is 18.8 Å². The largest absolute Gasteiger partial charge is 0.345 e. The van der Waals surface area contributed by atoms with Crippen molar-refractivity contribution in [1.82, 2.24) is 9.97 Å². The standard InChI is InChI=1S/C17H32N2/c1-8-10-13(5)14-15(17(6,7)11-9-2)19-16(18-14)12(3)4/h12-13H,8-11H2,1-7H3,(H,18,19). The summed E-state index contributed by atoms with van der Waals surface area (Å²) in [7, 11) is 0. The van der Waals surface area contributed by atoms with Crippen LogP contribution in [-0.4, -0.2) is 9.97 Å². The van der Waals surface area contributed by atoms with E-state index in [4.69, 9.17) is 4.98 Å². The molecule has 0 aromatic carbocycles. The lowest BCUT2D eigenvalue weighted by molar-refractivity contribution is 0.451. The highest BCUT2D eigenvalue weighted by atomic mass is 15.0. The Morgan fingerprint density at radius 1 is 1.11 bits per heavy atom. The van der Waals surface area contributed by atoms with Gasteiger partial charge in [0.25, 0.3) is 0 Å². The fourth-order valence-corrected chi connectivity index (χ4v) is 2.87. The van der Waals surface area contributed by atoms with Gasteiger partial charge in [-0.3, -0.25) is 0 Å². The second-order valence-electron chi connectivity index (χ2n) is 6.86. The number of aromatic nitrogens is 2. The normalized spacial score (nSPS) is 14.1. The van der Waals surface area contributed by atoms with Gasteiger partial charge in [-0.1, -0.05) is 61.3 Å². The van der Waals surface area contributed by atoms with Gasteiger partial charge in [-0.2, -0.15) is 0 Å². The van der Waals surface area contributed by atoms with Gasteiger partial charge in [0.05, 0.1) is 5.69 Å². The van der Waals surface area contributed by atoms with E-state index in [1.54, 1.807) is 0 Å². The van der Waals surface area contributed by atoms with Crippen molar-refractivity contribution in [3.63, 3.8) is 0 Å². The Bertz CT molecular complexity index is 388. The number of rotatable bonds is 7. The highest BCUT2D eigenvalue weighted by Crippen LogP contribution is 2.35. The molecule has 0 radical (unpaired) electrons. The van der Waals surface area contributed by atoms with Gasteiger partial charge < -0.3 is 4.98 Å². The van der Waals surface area contributed by atoms with E-state index in [-0.39, 0.29) is 5.41 Å². The van der Waals surface area contributed by atoms with Crippen molar-refractivity contribution in [1.29, 1.82) is 0 Å². The first-order chi connectivity index (χ1) is 8.83. The van der Waals surface area contributed by atoms with Crippen molar-refractivity contribution in [3.05, 3.63) is 17.2 Å². The van der Waals surface area contributed by atoms with Crippen molar-refractivity contribution in [2.24, 2.45) is 0 Å². The minimum atomic E-state index is 0.176. The van der Waals surface area contributed by atoms with Crippen molar-refractivity contribution < 1.29 is 0 Å². The molecule has 0 aliphatic rings. The molecule has 0 saturated carbocycles. The molecule has 0 bridgehead atoms. The van der Waals surface area contributed by atoms with E-state index in [1.165, 1.54) is 37.1 Å². The third kappa shape index (κ3) is 3.84. The second kappa shape index (κ2) is 6.58. The molecule has 1 N–H and O–H groups in total. The van der Waals surface area contributed by atoms with Crippen LogP contribution >= 0.6 is 0 Å². The number of nitrogens with one attached hydrogen (secondary N) is 1. The molecule has 0 amide bonds. The topological polar surface area (TPSA) is 28.7 Å². The maximum Gasteiger partial charge on any atom is 0.109 e. The number of hydrogen-bond acceptors (Lipinski definition) is 1. The van der Waals surface area contributed by atoms with Crippen LogP contribution in [0, 0.1) is 0 Å². The fourth-order valence-electron chi connectivity index (χ4n) is 2.87. The van der Waals surface area contributed by atoms with Crippen LogP contribution in [0.15, 0.2) is 0 Å². The van der Waals surface area contributed by atoms with Gasteiger partial charge in [0, 0.05) is 17.0 Å². The molecule has 0 spiro atoms. The molecule has 1 rings (SSSR count). The zero-order chi connectivity index (χ0) is 14.6. The third-order valence-corrected chi connectivity index (χ3v) is 4.03. The Labute approximate surface area is 119 Å². The number of imidazole rings is 1. The SMILES string of the molecule is CCCC(C)c1[nH]c(C(C)C)nc1C(C)(C)CCC. The molecular weight excluding hydrogens is 232 g/mol. The molecule has 110 valence electrons. The number of nitrogens with zero attached hydrogens (tertiary/aromatic N) is 1. The Balaban J connectivity index is 3.19. The summed E-state index contributed by atoms with van der Waals surface area (Å²) in [6, 6.07) is 0. The molecule has 1 atom stereocenters. The minimum Gasteiger partial charge on any atom is -0.345 e.